The molecule has 0 unspecified atom stereocenters. The monoisotopic (exact) mass is 288 g/mol. The van der Waals surface area contributed by atoms with Crippen LogP contribution in [0.3, 0.4) is 0 Å². The first-order chi connectivity index (χ1) is 8.15. The molecule has 1 rings (SSSR count). The van der Waals surface area contributed by atoms with E-state index in [1.807, 2.05) is 0 Å². The lowest BCUT2D eigenvalue weighted by Crippen LogP contribution is -2.37. The molecule has 1 aliphatic rings. The van der Waals surface area contributed by atoms with E-state index < -0.39 is 40.2 Å². The highest BCUT2D eigenvalue weighted by atomic mass is 32.4. The number of methoxy groups -OCH3 is 1. The van der Waals surface area contributed by atoms with E-state index in [1.165, 1.54) is 4.72 Å². The van der Waals surface area contributed by atoms with Gasteiger partial charge in [0.25, 0.3) is 17.1 Å². The van der Waals surface area contributed by atoms with Crippen LogP contribution in [-0.4, -0.2) is 47.3 Å². The molecule has 10 heteroatoms. The predicted octanol–water partition coefficient (Wildman–Crippen LogP) is 0.702. The number of carbonyl (C=O) groups excluding carboxylic acids is 2. The molecular formula is C8H11F3N2O4S. The summed E-state index contributed by atoms with van der Waals surface area (Å²) in [6, 6.07) is 0. The van der Waals surface area contributed by atoms with Gasteiger partial charge in [-0.05, 0) is 0 Å². The maximum atomic E-state index is 13.1. The Kier molecular flexibility index (Phi) is 3.96. The average molecular weight is 288 g/mol. The van der Waals surface area contributed by atoms with Gasteiger partial charge in [-0.25, -0.2) is 4.72 Å². The van der Waals surface area contributed by atoms with Crippen molar-refractivity contribution < 1.29 is 31.1 Å². The minimum absolute atomic E-state index is 0.453. The summed E-state index contributed by atoms with van der Waals surface area (Å²) < 4.78 is 44.2. The Morgan fingerprint density at radius 1 is 1.39 bits per heavy atom. The van der Waals surface area contributed by atoms with Gasteiger partial charge in [0.1, 0.15) is 0 Å². The first kappa shape index (κ1) is 14.8. The third-order valence-electron chi connectivity index (χ3n) is 2.03. The number of imide groups is 1. The van der Waals surface area contributed by atoms with Gasteiger partial charge in [-0.3, -0.25) is 14.5 Å². The van der Waals surface area contributed by atoms with Gasteiger partial charge in [0, 0.05) is 32.4 Å². The fraction of sp³-hybridized carbons (Fsp3) is 0.375. The van der Waals surface area contributed by atoms with Crippen molar-refractivity contribution in [2.45, 2.75) is 0 Å². The molecule has 104 valence electrons. The number of amides is 2. The molecule has 0 bridgehead atoms. The topological polar surface area (TPSA) is 78.9 Å². The van der Waals surface area contributed by atoms with Crippen LogP contribution in [0.15, 0.2) is 12.2 Å². The molecule has 0 atom stereocenters. The summed E-state index contributed by atoms with van der Waals surface area (Å²) in [5.74, 6) is -1.34. The number of aliphatic hydroxyl groups excluding tert-OH is 1. The summed E-state index contributed by atoms with van der Waals surface area (Å²) in [5, 5.41) is 6.58. The number of rotatable bonds is 4. The molecule has 1 aliphatic heterocycles. The highest BCUT2D eigenvalue weighted by Gasteiger charge is 2.37. The quantitative estimate of drug-likeness (QED) is 0.588. The normalized spacial score (nSPS) is 18.1. The third kappa shape index (κ3) is 3.16. The lowest BCUT2D eigenvalue weighted by molar-refractivity contribution is -0.136. The lowest BCUT2D eigenvalue weighted by Gasteiger charge is -2.26. The van der Waals surface area contributed by atoms with Crippen molar-refractivity contribution in [3.05, 3.63) is 12.2 Å². The molecule has 0 saturated heterocycles. The largest absolute Gasteiger partial charge is 0.331 e. The number of carbonyl (C=O) groups is 2. The minimum Gasteiger partial charge on any atom is -0.331 e. The van der Waals surface area contributed by atoms with Crippen molar-refractivity contribution >= 4 is 27.1 Å². The molecule has 6 nitrogen and oxygen atoms in total. The second-order valence-corrected chi connectivity index (χ2v) is 5.38. The van der Waals surface area contributed by atoms with Gasteiger partial charge in [-0.2, -0.15) is 0 Å². The zero-order valence-electron chi connectivity index (χ0n) is 9.23. The van der Waals surface area contributed by atoms with E-state index in [0.29, 0.717) is 12.0 Å². The van der Waals surface area contributed by atoms with Gasteiger partial charge in [0.05, 0.1) is 0 Å². The SMILES string of the molecule is COC(O)=S(F)(F)(F)NCCN1C(=O)C=CC1=O. The molecule has 0 saturated carbocycles. The van der Waals surface area contributed by atoms with Crippen LogP contribution >= 0.6 is 10.1 Å². The van der Waals surface area contributed by atoms with Gasteiger partial charge in [0.15, 0.2) is 0 Å². The van der Waals surface area contributed by atoms with Crippen molar-refractivity contribution in [1.82, 2.24) is 9.62 Å². The van der Waals surface area contributed by atoms with E-state index in [4.69, 9.17) is 5.11 Å². The van der Waals surface area contributed by atoms with Gasteiger partial charge in [-0.1, -0.05) is 0 Å². The average Bonchev–Trinajstić information content (AvgIpc) is 2.58. The molecule has 2 N–H and O–H groups in total. The Balaban J connectivity index is 2.63. The molecule has 18 heavy (non-hydrogen) atoms. The summed E-state index contributed by atoms with van der Waals surface area (Å²) in [6.07, 6.45) is 1.94. The summed E-state index contributed by atoms with van der Waals surface area (Å²) in [6.45, 7) is -1.18. The number of aliphatic hydroxyl groups is 1. The summed E-state index contributed by atoms with van der Waals surface area (Å²) in [5.41, 5.74) is 0. The lowest BCUT2D eigenvalue weighted by atomic mass is 10.5. The van der Waals surface area contributed by atoms with Gasteiger partial charge in [0.2, 0.25) is 10.1 Å². The molecule has 0 aromatic heterocycles. The fourth-order valence-electron chi connectivity index (χ4n) is 1.17. The first-order valence-corrected chi connectivity index (χ1v) is 6.39. The van der Waals surface area contributed by atoms with Crippen molar-refractivity contribution in [3.8, 4) is 0 Å². The summed E-state index contributed by atoms with van der Waals surface area (Å²) >= 11 is 0. The molecule has 0 aromatic carbocycles. The van der Waals surface area contributed by atoms with Gasteiger partial charge >= 0.3 is 0 Å². The Labute approximate surface area is 101 Å². The molecule has 0 fully saturated rings. The van der Waals surface area contributed by atoms with Crippen LogP contribution in [0.25, 0.3) is 0 Å². The van der Waals surface area contributed by atoms with Crippen LogP contribution in [0, 0.1) is 0 Å². The summed E-state index contributed by atoms with van der Waals surface area (Å²) in [7, 11) is -6.22. The van der Waals surface area contributed by atoms with Crippen LogP contribution in [0.1, 0.15) is 0 Å². The predicted molar refractivity (Wildman–Crippen MR) is 59.4 cm³/mol. The highest BCUT2D eigenvalue weighted by molar-refractivity contribution is 8.34. The van der Waals surface area contributed by atoms with Crippen LogP contribution in [-0.2, 0) is 14.3 Å². The Morgan fingerprint density at radius 3 is 2.33 bits per heavy atom. The van der Waals surface area contributed by atoms with Crippen LogP contribution in [0.4, 0.5) is 11.7 Å². The second kappa shape index (κ2) is 4.80. The molecule has 0 aromatic rings. The number of halogens is 3. The minimum atomic E-state index is -6.91. The third-order valence-corrected chi connectivity index (χ3v) is 3.45. The number of nitrogens with one attached hydrogen (secondary N) is 1. The van der Waals surface area contributed by atoms with Crippen LogP contribution in [0.2, 0.25) is 0 Å². The van der Waals surface area contributed by atoms with Crippen molar-refractivity contribution in [3.63, 3.8) is 0 Å². The highest BCUT2D eigenvalue weighted by Crippen LogP contribution is 2.61. The standard InChI is InChI=1S/C8H11F3N2O4S/c1-17-8(16)18(9,10,11)12-4-5-13-6(14)2-3-7(13)15/h2-3,12,16H,4-5H2,1H3. The van der Waals surface area contributed by atoms with Crippen molar-refractivity contribution in [2.24, 2.45) is 0 Å². The van der Waals surface area contributed by atoms with E-state index in [-0.39, 0.29) is 0 Å². The Hall–Kier alpha value is -1.23. The maximum absolute atomic E-state index is 13.1. The van der Waals surface area contributed by atoms with E-state index in [2.05, 4.69) is 4.74 Å². The van der Waals surface area contributed by atoms with E-state index >= 15 is 0 Å². The van der Waals surface area contributed by atoms with Gasteiger partial charge in [-0.15, -0.1) is 11.7 Å². The number of nitrogens with zero attached hydrogens (tertiary/aromatic N) is 1. The molecule has 0 spiro atoms. The Bertz CT molecular complexity index is 456. The second-order valence-electron chi connectivity index (χ2n) is 3.27. The van der Waals surface area contributed by atoms with Crippen molar-refractivity contribution in [1.29, 1.82) is 0 Å². The molecule has 0 radical (unpaired) electrons. The fourth-order valence-corrected chi connectivity index (χ4v) is 1.99. The summed E-state index contributed by atoms with van der Waals surface area (Å²) in [4.78, 5) is 22.8. The number of hydrogen-bond acceptors (Lipinski definition) is 4. The molecular weight excluding hydrogens is 277 g/mol. The van der Waals surface area contributed by atoms with E-state index in [9.17, 15) is 21.2 Å². The maximum Gasteiger partial charge on any atom is 0.287 e. The molecule has 1 heterocycles. The zero-order valence-corrected chi connectivity index (χ0v) is 10.0. The zero-order chi connectivity index (χ0) is 14.0. The number of hydrogen-bond donors (Lipinski definition) is 2. The first-order valence-electron chi connectivity index (χ1n) is 4.64. The van der Waals surface area contributed by atoms with Crippen LogP contribution < -0.4 is 4.72 Å². The van der Waals surface area contributed by atoms with Crippen LogP contribution in [0.5, 0.6) is 0 Å². The molecule has 0 aliphatic carbocycles. The Morgan fingerprint density at radius 2 is 1.89 bits per heavy atom. The smallest absolute Gasteiger partial charge is 0.287 e. The van der Waals surface area contributed by atoms with Gasteiger partial charge < -0.3 is 9.84 Å². The van der Waals surface area contributed by atoms with Crippen molar-refractivity contribution in [2.75, 3.05) is 20.2 Å². The van der Waals surface area contributed by atoms with E-state index in [1.54, 1.807) is 0 Å². The molecule has 2 amide bonds. The number of ether oxygens (including phenoxy) is 1. The van der Waals surface area contributed by atoms with E-state index in [0.717, 1.165) is 12.2 Å².